The standard InChI is InChI=1S/C15H20N2O/c1-9(2)14-11-8-16-17-12(11)7-10-5-4-6-13(18-3)15(10)14/h7-9,13H,4-6H2,1-3H3,(H,16,17)/t13-/m1/s1. The number of nitrogens with one attached hydrogen (secondary N) is 1. The Bertz CT molecular complexity index is 571. The van der Waals surface area contributed by atoms with E-state index in [1.165, 1.54) is 28.5 Å². The average molecular weight is 244 g/mol. The molecule has 1 N–H and O–H groups in total. The van der Waals surface area contributed by atoms with Crippen LogP contribution in [0.4, 0.5) is 0 Å². The molecule has 0 spiro atoms. The van der Waals surface area contributed by atoms with Crippen LogP contribution < -0.4 is 0 Å². The van der Waals surface area contributed by atoms with Crippen molar-refractivity contribution in [2.75, 3.05) is 7.11 Å². The number of fused-ring (bicyclic) bond motifs is 2. The number of aryl methyl sites for hydroxylation is 1. The van der Waals surface area contributed by atoms with E-state index >= 15 is 0 Å². The van der Waals surface area contributed by atoms with E-state index in [0.29, 0.717) is 5.92 Å². The molecule has 1 atom stereocenters. The second-order valence-electron chi connectivity index (χ2n) is 5.47. The minimum absolute atomic E-state index is 0.255. The van der Waals surface area contributed by atoms with Crippen LogP contribution in [0.5, 0.6) is 0 Å². The van der Waals surface area contributed by atoms with Gasteiger partial charge in [0.05, 0.1) is 17.8 Å². The largest absolute Gasteiger partial charge is 0.377 e. The molecule has 2 aromatic rings. The molecule has 1 heterocycles. The van der Waals surface area contributed by atoms with Crippen molar-refractivity contribution < 1.29 is 4.74 Å². The first-order valence-corrected chi connectivity index (χ1v) is 6.74. The summed E-state index contributed by atoms with van der Waals surface area (Å²) in [5, 5.41) is 8.56. The molecule has 0 amide bonds. The molecule has 0 radical (unpaired) electrons. The van der Waals surface area contributed by atoms with Crippen molar-refractivity contribution in [2.24, 2.45) is 0 Å². The van der Waals surface area contributed by atoms with E-state index in [0.717, 1.165) is 18.4 Å². The summed E-state index contributed by atoms with van der Waals surface area (Å²) in [6.45, 7) is 4.51. The smallest absolute Gasteiger partial charge is 0.0826 e. The predicted molar refractivity (Wildman–Crippen MR) is 72.9 cm³/mol. The second-order valence-corrected chi connectivity index (χ2v) is 5.47. The maximum absolute atomic E-state index is 5.70. The number of hydrogen-bond donors (Lipinski definition) is 1. The fraction of sp³-hybridized carbons (Fsp3) is 0.533. The number of benzene rings is 1. The summed E-state index contributed by atoms with van der Waals surface area (Å²) in [6.07, 6.45) is 5.70. The topological polar surface area (TPSA) is 37.9 Å². The minimum atomic E-state index is 0.255. The van der Waals surface area contributed by atoms with Gasteiger partial charge >= 0.3 is 0 Å². The van der Waals surface area contributed by atoms with Gasteiger partial charge in [0.25, 0.3) is 0 Å². The van der Waals surface area contributed by atoms with Crippen molar-refractivity contribution >= 4 is 10.9 Å². The van der Waals surface area contributed by atoms with Gasteiger partial charge < -0.3 is 4.74 Å². The molecule has 1 aliphatic rings. The number of aromatic nitrogens is 2. The number of aromatic amines is 1. The molecule has 18 heavy (non-hydrogen) atoms. The normalized spacial score (nSPS) is 19.4. The molecular weight excluding hydrogens is 224 g/mol. The van der Waals surface area contributed by atoms with Crippen molar-refractivity contribution in [1.29, 1.82) is 0 Å². The highest BCUT2D eigenvalue weighted by Gasteiger charge is 2.26. The highest BCUT2D eigenvalue weighted by molar-refractivity contribution is 5.85. The molecule has 96 valence electrons. The Morgan fingerprint density at radius 3 is 3.00 bits per heavy atom. The van der Waals surface area contributed by atoms with Gasteiger partial charge in [-0.1, -0.05) is 13.8 Å². The van der Waals surface area contributed by atoms with Crippen LogP contribution in [0.15, 0.2) is 12.3 Å². The Kier molecular flexibility index (Phi) is 2.86. The summed E-state index contributed by atoms with van der Waals surface area (Å²) in [7, 11) is 1.82. The van der Waals surface area contributed by atoms with Crippen LogP contribution in [-0.4, -0.2) is 17.3 Å². The van der Waals surface area contributed by atoms with Crippen LogP contribution >= 0.6 is 0 Å². The lowest BCUT2D eigenvalue weighted by Crippen LogP contribution is -2.15. The molecule has 0 unspecified atom stereocenters. The third kappa shape index (κ3) is 1.65. The molecule has 1 aromatic heterocycles. The number of H-pyrrole nitrogens is 1. The average Bonchev–Trinajstić information content (AvgIpc) is 2.82. The van der Waals surface area contributed by atoms with E-state index in [1.807, 2.05) is 13.3 Å². The van der Waals surface area contributed by atoms with Gasteiger partial charge in [-0.2, -0.15) is 5.10 Å². The molecule has 3 nitrogen and oxygen atoms in total. The summed E-state index contributed by atoms with van der Waals surface area (Å²) < 4.78 is 5.70. The maximum atomic E-state index is 5.70. The lowest BCUT2D eigenvalue weighted by Gasteiger charge is -2.29. The van der Waals surface area contributed by atoms with Gasteiger partial charge in [0.2, 0.25) is 0 Å². The zero-order valence-corrected chi connectivity index (χ0v) is 11.3. The molecule has 0 fully saturated rings. The third-order valence-electron chi connectivity index (χ3n) is 4.01. The molecule has 0 saturated carbocycles. The zero-order chi connectivity index (χ0) is 12.7. The number of methoxy groups -OCH3 is 1. The molecular formula is C15H20N2O. The Labute approximate surface area is 108 Å². The van der Waals surface area contributed by atoms with Crippen LogP contribution in [0.2, 0.25) is 0 Å². The van der Waals surface area contributed by atoms with E-state index in [9.17, 15) is 0 Å². The number of hydrogen-bond acceptors (Lipinski definition) is 2. The van der Waals surface area contributed by atoms with Crippen LogP contribution in [0.25, 0.3) is 10.9 Å². The molecule has 3 rings (SSSR count). The van der Waals surface area contributed by atoms with Crippen molar-refractivity contribution in [3.8, 4) is 0 Å². The Hall–Kier alpha value is -1.35. The zero-order valence-electron chi connectivity index (χ0n) is 11.3. The Balaban J connectivity index is 2.33. The summed E-state index contributed by atoms with van der Waals surface area (Å²) in [5.41, 5.74) is 5.44. The van der Waals surface area contributed by atoms with Gasteiger partial charge in [-0.15, -0.1) is 0 Å². The van der Waals surface area contributed by atoms with E-state index in [1.54, 1.807) is 0 Å². The Morgan fingerprint density at radius 1 is 1.44 bits per heavy atom. The van der Waals surface area contributed by atoms with Gasteiger partial charge in [-0.05, 0) is 47.9 Å². The van der Waals surface area contributed by atoms with E-state index < -0.39 is 0 Å². The van der Waals surface area contributed by atoms with Crippen LogP contribution in [0.3, 0.4) is 0 Å². The second kappa shape index (κ2) is 4.39. The van der Waals surface area contributed by atoms with E-state index in [4.69, 9.17) is 4.74 Å². The SMILES string of the molecule is CO[C@@H]1CCCc2cc3[nH]ncc3c(C(C)C)c21. The van der Waals surface area contributed by atoms with Crippen molar-refractivity contribution in [2.45, 2.75) is 45.1 Å². The fourth-order valence-electron chi connectivity index (χ4n) is 3.26. The summed E-state index contributed by atoms with van der Waals surface area (Å²) >= 11 is 0. The molecule has 0 bridgehead atoms. The highest BCUT2D eigenvalue weighted by atomic mass is 16.5. The van der Waals surface area contributed by atoms with Crippen molar-refractivity contribution in [3.63, 3.8) is 0 Å². The van der Waals surface area contributed by atoms with Gasteiger partial charge in [0.15, 0.2) is 0 Å². The first-order valence-electron chi connectivity index (χ1n) is 6.74. The monoisotopic (exact) mass is 244 g/mol. The van der Waals surface area contributed by atoms with Crippen LogP contribution in [0.1, 0.15) is 55.4 Å². The van der Waals surface area contributed by atoms with E-state index in [-0.39, 0.29) is 6.10 Å². The number of nitrogens with zero attached hydrogens (tertiary/aromatic N) is 1. The predicted octanol–water partition coefficient (Wildman–Crippen LogP) is 3.71. The molecule has 1 aromatic carbocycles. The third-order valence-corrected chi connectivity index (χ3v) is 4.01. The lowest BCUT2D eigenvalue weighted by atomic mass is 9.81. The summed E-state index contributed by atoms with van der Waals surface area (Å²) in [6, 6.07) is 2.26. The minimum Gasteiger partial charge on any atom is -0.377 e. The van der Waals surface area contributed by atoms with Gasteiger partial charge in [-0.3, -0.25) is 5.10 Å². The van der Waals surface area contributed by atoms with Crippen LogP contribution in [0, 0.1) is 0 Å². The lowest BCUT2D eigenvalue weighted by molar-refractivity contribution is 0.0872. The summed E-state index contributed by atoms with van der Waals surface area (Å²) in [5.74, 6) is 0.496. The Morgan fingerprint density at radius 2 is 2.28 bits per heavy atom. The maximum Gasteiger partial charge on any atom is 0.0826 e. The molecule has 1 aliphatic carbocycles. The quantitative estimate of drug-likeness (QED) is 0.874. The highest BCUT2D eigenvalue weighted by Crippen LogP contribution is 2.40. The number of ether oxygens (including phenoxy) is 1. The molecule has 0 saturated heterocycles. The first-order chi connectivity index (χ1) is 8.72. The van der Waals surface area contributed by atoms with Crippen molar-refractivity contribution in [1.82, 2.24) is 10.2 Å². The van der Waals surface area contributed by atoms with Crippen LogP contribution in [-0.2, 0) is 11.2 Å². The van der Waals surface area contributed by atoms with Gasteiger partial charge in [0.1, 0.15) is 0 Å². The van der Waals surface area contributed by atoms with Gasteiger partial charge in [0, 0.05) is 12.5 Å². The fourth-order valence-corrected chi connectivity index (χ4v) is 3.26. The molecule has 0 aliphatic heterocycles. The first kappa shape index (κ1) is 11.7. The molecule has 3 heteroatoms. The van der Waals surface area contributed by atoms with Crippen molar-refractivity contribution in [3.05, 3.63) is 29.0 Å². The van der Waals surface area contributed by atoms with E-state index in [2.05, 4.69) is 30.1 Å². The van der Waals surface area contributed by atoms with Gasteiger partial charge in [-0.25, -0.2) is 0 Å². The summed E-state index contributed by atoms with van der Waals surface area (Å²) in [4.78, 5) is 0. The number of rotatable bonds is 2.